The number of alkyl carbamates (subject to hydrolysis) is 1. The molecule has 1 amide bonds. The number of nitrogens with zero attached hydrogens (tertiary/aromatic N) is 6. The quantitative estimate of drug-likeness (QED) is 0.370. The van der Waals surface area contributed by atoms with Crippen molar-refractivity contribution in [2.45, 2.75) is 52.1 Å². The number of hydrogen-bond donors (Lipinski definition) is 3. The molecule has 0 saturated carbocycles. The number of alkyl halides is 1. The second kappa shape index (κ2) is 9.22. The summed E-state index contributed by atoms with van der Waals surface area (Å²) in [5, 5.41) is 17.2. The fourth-order valence-corrected chi connectivity index (χ4v) is 4.37. The number of carbonyl (C=O) groups is 1. The molecular formula is C23H28FN9O3. The molecule has 4 aromatic rings. The average molecular weight is 498 g/mol. The monoisotopic (exact) mass is 497 g/mol. The summed E-state index contributed by atoms with van der Waals surface area (Å²) in [4.78, 5) is 21.1. The second-order valence-corrected chi connectivity index (χ2v) is 9.09. The molecule has 1 saturated heterocycles. The summed E-state index contributed by atoms with van der Waals surface area (Å²) >= 11 is 0. The van der Waals surface area contributed by atoms with Crippen LogP contribution in [0, 0.1) is 13.8 Å². The van der Waals surface area contributed by atoms with Gasteiger partial charge in [0.1, 0.15) is 6.10 Å². The van der Waals surface area contributed by atoms with E-state index in [-0.39, 0.29) is 12.6 Å². The van der Waals surface area contributed by atoms with Gasteiger partial charge in [-0.05, 0) is 33.3 Å². The van der Waals surface area contributed by atoms with Crippen molar-refractivity contribution in [1.82, 2.24) is 39.7 Å². The van der Waals surface area contributed by atoms with Crippen molar-refractivity contribution < 1.29 is 18.7 Å². The van der Waals surface area contributed by atoms with E-state index in [1.807, 2.05) is 25.3 Å². The van der Waals surface area contributed by atoms with Crippen LogP contribution in [0.25, 0.3) is 16.9 Å². The number of aromatic nitrogens is 7. The van der Waals surface area contributed by atoms with Crippen LogP contribution in [0.2, 0.25) is 0 Å². The number of H-pyrrole nitrogens is 1. The van der Waals surface area contributed by atoms with E-state index in [9.17, 15) is 4.79 Å². The van der Waals surface area contributed by atoms with Gasteiger partial charge in [0.05, 0.1) is 35.4 Å². The predicted octanol–water partition coefficient (Wildman–Crippen LogP) is 3.13. The molecule has 0 aliphatic carbocycles. The van der Waals surface area contributed by atoms with Crippen LogP contribution >= 0.6 is 0 Å². The van der Waals surface area contributed by atoms with E-state index in [1.54, 1.807) is 43.2 Å². The highest BCUT2D eigenvalue weighted by molar-refractivity contribution is 5.80. The van der Waals surface area contributed by atoms with Crippen molar-refractivity contribution in [3.8, 4) is 11.3 Å². The summed E-state index contributed by atoms with van der Waals surface area (Å²) in [5.74, 6) is 0.923. The molecule has 0 bridgehead atoms. The third-order valence-electron chi connectivity index (χ3n) is 5.98. The Morgan fingerprint density at radius 1 is 1.36 bits per heavy atom. The minimum Gasteiger partial charge on any atom is -0.441 e. The number of aromatic amines is 1. The summed E-state index contributed by atoms with van der Waals surface area (Å²) in [6.45, 7) is 7.44. The Bertz CT molecular complexity index is 1390. The third-order valence-corrected chi connectivity index (χ3v) is 5.98. The maximum atomic E-state index is 15.0. The van der Waals surface area contributed by atoms with E-state index in [0.717, 1.165) is 28.2 Å². The van der Waals surface area contributed by atoms with Gasteiger partial charge in [-0.3, -0.25) is 14.2 Å². The molecular weight excluding hydrogens is 469 g/mol. The van der Waals surface area contributed by atoms with E-state index in [4.69, 9.17) is 14.5 Å². The Morgan fingerprint density at radius 3 is 2.89 bits per heavy atom. The van der Waals surface area contributed by atoms with Gasteiger partial charge in [-0.2, -0.15) is 10.2 Å². The number of nitrogens with one attached hydrogen (secondary N) is 3. The van der Waals surface area contributed by atoms with Crippen molar-refractivity contribution in [1.29, 1.82) is 0 Å². The van der Waals surface area contributed by atoms with E-state index in [2.05, 4.69) is 30.9 Å². The molecule has 0 aromatic carbocycles. The number of amides is 1. The van der Waals surface area contributed by atoms with Crippen LogP contribution in [0.5, 0.6) is 0 Å². The summed E-state index contributed by atoms with van der Waals surface area (Å²) in [6.07, 6.45) is 1.13. The number of anilines is 2. The number of imidazole rings is 1. The standard InChI is InChI=1S/C23H28FN9O3/c1-11(2)27-23(34)36-15-10-35-20(18(15)24)14-8-16(31-30-14)29-22-28-13(4)17(21-25-6-7-33(21)22)19-12(3)9-26-32(19)5/h6-9,11,15,18,20H,10H2,1-5H3,(H,27,34)(H2,28,29,30,31)/t15-,18+,20-/m1/s1. The van der Waals surface area contributed by atoms with E-state index in [1.165, 1.54) is 0 Å². The van der Waals surface area contributed by atoms with E-state index >= 15 is 4.39 Å². The number of ether oxygens (including phenoxy) is 2. The fourth-order valence-electron chi connectivity index (χ4n) is 4.37. The lowest BCUT2D eigenvalue weighted by Gasteiger charge is -2.16. The summed E-state index contributed by atoms with van der Waals surface area (Å²) < 4.78 is 29.4. The molecule has 3 N–H and O–H groups in total. The average Bonchev–Trinajstić information content (AvgIpc) is 3.59. The number of hydrogen-bond acceptors (Lipinski definition) is 8. The molecule has 5 rings (SSSR count). The zero-order chi connectivity index (χ0) is 25.6. The highest BCUT2D eigenvalue weighted by Gasteiger charge is 2.42. The van der Waals surface area contributed by atoms with Crippen LogP contribution in [0.1, 0.15) is 36.9 Å². The molecule has 12 nitrogen and oxygen atoms in total. The first-order valence-electron chi connectivity index (χ1n) is 11.6. The van der Waals surface area contributed by atoms with Crippen molar-refractivity contribution in [3.63, 3.8) is 0 Å². The largest absolute Gasteiger partial charge is 0.441 e. The van der Waals surface area contributed by atoms with Crippen LogP contribution in [0.3, 0.4) is 0 Å². The maximum absolute atomic E-state index is 15.0. The summed E-state index contributed by atoms with van der Waals surface area (Å²) in [5.41, 5.74) is 4.75. The maximum Gasteiger partial charge on any atom is 0.407 e. The van der Waals surface area contributed by atoms with Crippen LogP contribution < -0.4 is 10.6 Å². The first-order valence-corrected chi connectivity index (χ1v) is 11.6. The number of rotatable bonds is 6. The number of aryl methyl sites for hydroxylation is 3. The van der Waals surface area contributed by atoms with Crippen molar-refractivity contribution in [2.24, 2.45) is 7.05 Å². The van der Waals surface area contributed by atoms with Crippen molar-refractivity contribution in [2.75, 3.05) is 11.9 Å². The van der Waals surface area contributed by atoms with Crippen molar-refractivity contribution in [3.05, 3.63) is 41.6 Å². The van der Waals surface area contributed by atoms with Gasteiger partial charge in [0.15, 0.2) is 23.7 Å². The van der Waals surface area contributed by atoms with Gasteiger partial charge < -0.3 is 20.1 Å². The Morgan fingerprint density at radius 2 is 2.17 bits per heavy atom. The molecule has 190 valence electrons. The lowest BCUT2D eigenvalue weighted by atomic mass is 10.1. The van der Waals surface area contributed by atoms with Gasteiger partial charge in [-0.1, -0.05) is 0 Å². The number of halogens is 1. The fraction of sp³-hybridized carbons (Fsp3) is 0.435. The zero-order valence-corrected chi connectivity index (χ0v) is 20.6. The molecule has 1 aliphatic rings. The van der Waals surface area contributed by atoms with Crippen LogP contribution in [-0.4, -0.2) is 65.4 Å². The summed E-state index contributed by atoms with van der Waals surface area (Å²) in [6, 6.07) is 1.53. The summed E-state index contributed by atoms with van der Waals surface area (Å²) in [7, 11) is 1.88. The molecule has 4 aromatic heterocycles. The minimum atomic E-state index is -1.54. The number of carbonyl (C=O) groups excluding carboxylic acids is 1. The van der Waals surface area contributed by atoms with Crippen LogP contribution in [-0.2, 0) is 16.5 Å². The molecule has 5 heterocycles. The lowest BCUT2D eigenvalue weighted by Crippen LogP contribution is -2.36. The molecule has 0 spiro atoms. The molecule has 13 heteroatoms. The van der Waals surface area contributed by atoms with Gasteiger partial charge in [0.2, 0.25) is 5.95 Å². The molecule has 0 unspecified atom stereocenters. The first kappa shape index (κ1) is 23.7. The SMILES string of the molecule is Cc1cnn(C)c1-c1c(C)nc(Nc2cc([C@H]3OC[C@@H](OC(=O)NC(C)C)[C@@H]3F)[nH]n2)n2ccnc12. The molecule has 0 radical (unpaired) electrons. The molecule has 36 heavy (non-hydrogen) atoms. The van der Waals surface area contributed by atoms with Crippen LogP contribution in [0.4, 0.5) is 21.0 Å². The van der Waals surface area contributed by atoms with Gasteiger partial charge in [-0.15, -0.1) is 0 Å². The first-order chi connectivity index (χ1) is 17.2. The third kappa shape index (κ3) is 4.26. The van der Waals surface area contributed by atoms with Gasteiger partial charge >= 0.3 is 6.09 Å². The topological polar surface area (TPSA) is 136 Å². The second-order valence-electron chi connectivity index (χ2n) is 9.09. The minimum absolute atomic E-state index is 0.0512. The Hall–Kier alpha value is -4.00. The molecule has 1 aliphatic heterocycles. The Labute approximate surface area is 206 Å². The molecule has 3 atom stereocenters. The zero-order valence-electron chi connectivity index (χ0n) is 20.6. The Balaban J connectivity index is 1.36. The normalized spacial score (nSPS) is 19.8. The predicted molar refractivity (Wildman–Crippen MR) is 129 cm³/mol. The van der Waals surface area contributed by atoms with E-state index < -0.39 is 24.5 Å². The van der Waals surface area contributed by atoms with Crippen LogP contribution in [0.15, 0.2) is 24.7 Å². The smallest absolute Gasteiger partial charge is 0.407 e. The Kier molecular flexibility index (Phi) is 6.08. The highest BCUT2D eigenvalue weighted by Crippen LogP contribution is 2.34. The van der Waals surface area contributed by atoms with Crippen molar-refractivity contribution >= 4 is 23.5 Å². The number of fused-ring (bicyclic) bond motifs is 1. The highest BCUT2D eigenvalue weighted by atomic mass is 19.1. The van der Waals surface area contributed by atoms with Gasteiger partial charge in [0, 0.05) is 31.5 Å². The van der Waals surface area contributed by atoms with Gasteiger partial charge in [-0.25, -0.2) is 19.2 Å². The lowest BCUT2D eigenvalue weighted by molar-refractivity contribution is 0.0615. The molecule has 1 fully saturated rings. The van der Waals surface area contributed by atoms with E-state index in [0.29, 0.717) is 17.5 Å². The van der Waals surface area contributed by atoms with Gasteiger partial charge in [0.25, 0.3) is 0 Å².